The molecule has 3 atom stereocenters. The Labute approximate surface area is 149 Å². The number of β-lactam (4-membered cyclic amide) rings is 1. The third-order valence-electron chi connectivity index (χ3n) is 2.99. The molecule has 1 aliphatic rings. The molecule has 1 rings (SSSR count). The predicted octanol–water partition coefficient (Wildman–Crippen LogP) is 0.958. The van der Waals surface area contributed by atoms with Gasteiger partial charge in [0.25, 0.3) is 0 Å². The van der Waals surface area contributed by atoms with Gasteiger partial charge in [0.2, 0.25) is 11.0 Å². The summed E-state index contributed by atoms with van der Waals surface area (Å²) >= 11 is 0.828. The van der Waals surface area contributed by atoms with Gasteiger partial charge in [0.1, 0.15) is 25.2 Å². The fraction of sp³-hybridized carbons (Fsp3) is 0.467. The van der Waals surface area contributed by atoms with E-state index in [-0.39, 0.29) is 30.8 Å². The Kier molecular flexibility index (Phi) is 8.54. The maximum Gasteiger partial charge on any atom is 0.508 e. The van der Waals surface area contributed by atoms with Crippen LogP contribution in [0, 0.1) is 5.92 Å². The summed E-state index contributed by atoms with van der Waals surface area (Å²) in [5, 5.41) is 3.87. The number of amides is 2. The summed E-state index contributed by atoms with van der Waals surface area (Å²) in [6.07, 6.45) is 0.332. The van der Waals surface area contributed by atoms with Crippen LogP contribution >= 0.6 is 11.8 Å². The van der Waals surface area contributed by atoms with Gasteiger partial charge in [0.15, 0.2) is 0 Å². The topological polar surface area (TPSA) is 120 Å². The highest BCUT2D eigenvalue weighted by Crippen LogP contribution is 2.30. The highest BCUT2D eigenvalue weighted by molar-refractivity contribution is 8.14. The molecule has 9 nitrogen and oxygen atoms in total. The third kappa shape index (κ3) is 6.87. The van der Waals surface area contributed by atoms with Crippen LogP contribution in [0.1, 0.15) is 6.92 Å². The van der Waals surface area contributed by atoms with Gasteiger partial charge in [-0.15, -0.1) is 0 Å². The molecule has 138 valence electrons. The van der Waals surface area contributed by atoms with Crippen molar-refractivity contribution in [3.8, 4) is 0 Å². The summed E-state index contributed by atoms with van der Waals surface area (Å²) in [4.78, 5) is 46.1. The average Bonchev–Trinajstić information content (AvgIpc) is 2.55. The van der Waals surface area contributed by atoms with Crippen molar-refractivity contribution >= 4 is 35.0 Å². The summed E-state index contributed by atoms with van der Waals surface area (Å²) in [6.45, 7) is 8.07. The average molecular weight is 372 g/mol. The largest absolute Gasteiger partial charge is 0.508 e. The second kappa shape index (κ2) is 10.4. The van der Waals surface area contributed by atoms with Crippen molar-refractivity contribution < 1.29 is 33.4 Å². The second-order valence-corrected chi connectivity index (χ2v) is 6.06. The van der Waals surface area contributed by atoms with Gasteiger partial charge < -0.3 is 24.8 Å². The molecule has 0 bridgehead atoms. The Morgan fingerprint density at radius 2 is 1.92 bits per heavy atom. The molecule has 25 heavy (non-hydrogen) atoms. The molecule has 0 aliphatic carbocycles. The fourth-order valence-electron chi connectivity index (χ4n) is 1.83. The maximum absolute atomic E-state index is 11.8. The Bertz CT molecular complexity index is 552. The molecule has 1 heterocycles. The van der Waals surface area contributed by atoms with Crippen LogP contribution in [0.4, 0.5) is 9.59 Å². The van der Waals surface area contributed by atoms with Crippen LogP contribution in [0.25, 0.3) is 0 Å². The van der Waals surface area contributed by atoms with Gasteiger partial charge in [-0.3, -0.25) is 9.59 Å². The first kappa shape index (κ1) is 20.6. The number of hydrogen-bond donors (Lipinski definition) is 2. The number of rotatable bonds is 9. The zero-order valence-corrected chi connectivity index (χ0v) is 14.5. The van der Waals surface area contributed by atoms with E-state index in [1.807, 2.05) is 0 Å². The number of carbonyl (C=O) groups is 4. The molecular weight excluding hydrogens is 352 g/mol. The Morgan fingerprint density at radius 3 is 2.52 bits per heavy atom. The molecule has 0 aromatic rings. The number of ether oxygens (including phenoxy) is 3. The van der Waals surface area contributed by atoms with Crippen LogP contribution < -0.4 is 10.6 Å². The predicted molar refractivity (Wildman–Crippen MR) is 89.7 cm³/mol. The van der Waals surface area contributed by atoms with Crippen molar-refractivity contribution in [1.29, 1.82) is 0 Å². The molecule has 0 aromatic carbocycles. The minimum Gasteiger partial charge on any atom is -0.445 e. The standard InChI is InChI=1S/C15H20N2O7S/c1-4-6-22-14(20)16-8-10(18)25-13-11(12(19)17-13)9(3)24-15(21)23-7-5-2/h4-5,9,11,13H,1-2,6-8H2,3H3,(H,16,20)(H,17,19)/t9?,11-,13+/m0/s1. The van der Waals surface area contributed by atoms with Gasteiger partial charge in [-0.25, -0.2) is 9.59 Å². The molecule has 1 fully saturated rings. The van der Waals surface area contributed by atoms with Crippen LogP contribution in [0.5, 0.6) is 0 Å². The van der Waals surface area contributed by atoms with Crippen molar-refractivity contribution in [2.45, 2.75) is 18.4 Å². The Balaban J connectivity index is 2.40. The van der Waals surface area contributed by atoms with Crippen molar-refractivity contribution in [2.75, 3.05) is 19.8 Å². The first-order valence-electron chi connectivity index (χ1n) is 7.34. The highest BCUT2D eigenvalue weighted by Gasteiger charge is 2.46. The smallest absolute Gasteiger partial charge is 0.445 e. The lowest BCUT2D eigenvalue weighted by Gasteiger charge is -2.38. The van der Waals surface area contributed by atoms with E-state index >= 15 is 0 Å². The van der Waals surface area contributed by atoms with Crippen LogP contribution in [0.2, 0.25) is 0 Å². The van der Waals surface area contributed by atoms with Crippen LogP contribution in [-0.4, -0.2) is 54.5 Å². The molecule has 1 aliphatic heterocycles. The maximum atomic E-state index is 11.8. The van der Waals surface area contributed by atoms with Crippen molar-refractivity contribution in [3.63, 3.8) is 0 Å². The zero-order valence-electron chi connectivity index (χ0n) is 13.7. The van der Waals surface area contributed by atoms with E-state index in [1.54, 1.807) is 0 Å². The van der Waals surface area contributed by atoms with Crippen molar-refractivity contribution in [3.05, 3.63) is 25.3 Å². The zero-order chi connectivity index (χ0) is 18.8. The second-order valence-electron chi connectivity index (χ2n) is 4.86. The van der Waals surface area contributed by atoms with E-state index in [2.05, 4.69) is 33.3 Å². The molecule has 0 aromatic heterocycles. The molecule has 0 spiro atoms. The first-order valence-corrected chi connectivity index (χ1v) is 8.22. The number of nitrogens with one attached hydrogen (secondary N) is 2. The van der Waals surface area contributed by atoms with Crippen LogP contribution in [0.15, 0.2) is 25.3 Å². The molecule has 1 unspecified atom stereocenters. The molecule has 1 saturated heterocycles. The number of carbonyl (C=O) groups excluding carboxylic acids is 4. The number of hydrogen-bond acceptors (Lipinski definition) is 8. The van der Waals surface area contributed by atoms with E-state index in [0.717, 1.165) is 11.8 Å². The van der Waals surface area contributed by atoms with Gasteiger partial charge in [0.05, 0.1) is 11.9 Å². The summed E-state index contributed by atoms with van der Waals surface area (Å²) in [5.74, 6) is -1.04. The lowest BCUT2D eigenvalue weighted by atomic mass is 9.96. The minimum absolute atomic E-state index is 0.00724. The summed E-state index contributed by atoms with van der Waals surface area (Å²) in [6, 6.07) is 0. The normalized spacial score (nSPS) is 19.5. The van der Waals surface area contributed by atoms with Gasteiger partial charge >= 0.3 is 12.2 Å². The highest BCUT2D eigenvalue weighted by atomic mass is 32.2. The lowest BCUT2D eigenvalue weighted by Crippen LogP contribution is -2.61. The fourth-order valence-corrected chi connectivity index (χ4v) is 2.93. The Hall–Kier alpha value is -2.49. The summed E-state index contributed by atoms with van der Waals surface area (Å²) in [7, 11) is 0. The minimum atomic E-state index is -0.922. The summed E-state index contributed by atoms with van der Waals surface area (Å²) < 4.78 is 14.3. The van der Waals surface area contributed by atoms with Gasteiger partial charge in [-0.05, 0) is 6.92 Å². The van der Waals surface area contributed by atoms with Crippen LogP contribution in [0.3, 0.4) is 0 Å². The molecular formula is C15H20N2O7S. The van der Waals surface area contributed by atoms with Gasteiger partial charge in [-0.2, -0.15) is 0 Å². The van der Waals surface area contributed by atoms with E-state index in [4.69, 9.17) is 4.74 Å². The first-order chi connectivity index (χ1) is 11.9. The van der Waals surface area contributed by atoms with E-state index in [1.165, 1.54) is 19.1 Å². The number of thioether (sulfide) groups is 1. The van der Waals surface area contributed by atoms with Crippen molar-refractivity contribution in [1.82, 2.24) is 10.6 Å². The lowest BCUT2D eigenvalue weighted by molar-refractivity contribution is -0.137. The van der Waals surface area contributed by atoms with E-state index in [0.29, 0.717) is 0 Å². The molecule has 0 saturated carbocycles. The van der Waals surface area contributed by atoms with Gasteiger partial charge in [0, 0.05) is 0 Å². The molecule has 2 N–H and O–H groups in total. The number of alkyl carbamates (subject to hydrolysis) is 1. The monoisotopic (exact) mass is 372 g/mol. The Morgan fingerprint density at radius 1 is 1.28 bits per heavy atom. The van der Waals surface area contributed by atoms with Crippen LogP contribution in [-0.2, 0) is 23.8 Å². The molecule has 0 radical (unpaired) electrons. The van der Waals surface area contributed by atoms with E-state index < -0.39 is 29.6 Å². The quantitative estimate of drug-likeness (QED) is 0.349. The molecule has 2 amide bonds. The summed E-state index contributed by atoms with van der Waals surface area (Å²) in [5.41, 5.74) is 0. The third-order valence-corrected chi connectivity index (χ3v) is 4.06. The SMILES string of the molecule is C=CCOC(=O)NCC(=O)S[C@H]1NC(=O)[C@@H]1C(C)OC(=O)OCC=C. The van der Waals surface area contributed by atoms with Gasteiger partial charge in [-0.1, -0.05) is 37.1 Å². The van der Waals surface area contributed by atoms with Crippen molar-refractivity contribution in [2.24, 2.45) is 5.92 Å². The van der Waals surface area contributed by atoms with E-state index in [9.17, 15) is 19.2 Å². The molecule has 10 heteroatoms.